The maximum Gasteiger partial charge on any atom is 0.246 e. The largest absolute Gasteiger partial charge is 0.375 e. The van der Waals surface area contributed by atoms with Gasteiger partial charge in [-0.25, -0.2) is 4.98 Å². The van der Waals surface area contributed by atoms with Crippen molar-refractivity contribution in [2.24, 2.45) is 0 Å². The van der Waals surface area contributed by atoms with E-state index in [0.29, 0.717) is 6.54 Å². The predicted octanol–water partition coefficient (Wildman–Crippen LogP) is 2.65. The molecule has 1 N–H and O–H groups in total. The molecule has 2 aromatic rings. The number of nitrogens with zero attached hydrogens (tertiary/aromatic N) is 1. The summed E-state index contributed by atoms with van der Waals surface area (Å²) in [7, 11) is 1.49. The maximum absolute atomic E-state index is 11.3. The quantitative estimate of drug-likeness (QED) is 0.892. The molecule has 1 amide bonds. The number of aromatic nitrogens is 1. The molecule has 106 valence electrons. The van der Waals surface area contributed by atoms with E-state index in [2.05, 4.69) is 10.3 Å². The second kappa shape index (κ2) is 7.38. The van der Waals surface area contributed by atoms with Crippen LogP contribution in [-0.2, 0) is 22.5 Å². The zero-order chi connectivity index (χ0) is 14.4. The first-order valence-corrected chi connectivity index (χ1v) is 7.36. The molecule has 20 heavy (non-hydrogen) atoms. The van der Waals surface area contributed by atoms with Crippen molar-refractivity contribution in [3.05, 3.63) is 50.9 Å². The van der Waals surface area contributed by atoms with Gasteiger partial charge < -0.3 is 10.1 Å². The van der Waals surface area contributed by atoms with Crippen LogP contribution in [0.5, 0.6) is 0 Å². The zero-order valence-electron chi connectivity index (χ0n) is 11.1. The van der Waals surface area contributed by atoms with E-state index in [1.807, 2.05) is 29.6 Å². The highest BCUT2D eigenvalue weighted by atomic mass is 35.5. The van der Waals surface area contributed by atoms with Gasteiger partial charge in [-0.05, 0) is 17.7 Å². The first-order valence-electron chi connectivity index (χ1n) is 6.10. The summed E-state index contributed by atoms with van der Waals surface area (Å²) < 4.78 is 4.75. The molecule has 0 unspecified atom stereocenters. The van der Waals surface area contributed by atoms with E-state index in [1.165, 1.54) is 12.7 Å². The Morgan fingerprint density at radius 3 is 2.85 bits per heavy atom. The summed E-state index contributed by atoms with van der Waals surface area (Å²) in [6, 6.07) is 7.72. The molecule has 0 saturated carbocycles. The van der Waals surface area contributed by atoms with Crippen molar-refractivity contribution in [2.45, 2.75) is 13.0 Å². The molecule has 1 aromatic carbocycles. The third-order valence-corrected chi connectivity index (χ3v) is 3.76. The number of amides is 1. The second-order valence-corrected chi connectivity index (χ2v) is 5.62. The minimum atomic E-state index is -0.139. The molecule has 2 rings (SSSR count). The number of carbonyl (C=O) groups is 1. The molecule has 0 aliphatic rings. The Hall–Kier alpha value is -1.43. The smallest absolute Gasteiger partial charge is 0.246 e. The maximum atomic E-state index is 11.3. The van der Waals surface area contributed by atoms with Crippen molar-refractivity contribution in [2.75, 3.05) is 13.7 Å². The lowest BCUT2D eigenvalue weighted by Crippen LogP contribution is -2.26. The minimum absolute atomic E-state index is 0.0712. The lowest BCUT2D eigenvalue weighted by atomic mass is 10.2. The number of nitrogens with one attached hydrogen (secondary N) is 1. The van der Waals surface area contributed by atoms with Gasteiger partial charge in [-0.2, -0.15) is 0 Å². The van der Waals surface area contributed by atoms with Gasteiger partial charge in [0.1, 0.15) is 6.61 Å². The normalized spacial score (nSPS) is 10.5. The number of hydrogen-bond acceptors (Lipinski definition) is 4. The number of carbonyl (C=O) groups excluding carboxylic acids is 1. The molecule has 0 fully saturated rings. The topological polar surface area (TPSA) is 51.2 Å². The SMILES string of the molecule is COCC(=O)NCc1csc(Cc2ccc(Cl)cc2)n1. The minimum Gasteiger partial charge on any atom is -0.375 e. The molecule has 6 heteroatoms. The van der Waals surface area contributed by atoms with Gasteiger partial charge in [-0.15, -0.1) is 11.3 Å². The average molecular weight is 311 g/mol. The third-order valence-electron chi connectivity index (χ3n) is 2.61. The van der Waals surface area contributed by atoms with E-state index in [1.54, 1.807) is 11.3 Å². The van der Waals surface area contributed by atoms with E-state index in [9.17, 15) is 4.79 Å². The number of ether oxygens (including phenoxy) is 1. The van der Waals surface area contributed by atoms with E-state index in [-0.39, 0.29) is 12.5 Å². The van der Waals surface area contributed by atoms with Crippen molar-refractivity contribution >= 4 is 28.8 Å². The van der Waals surface area contributed by atoms with Crippen LogP contribution in [0.25, 0.3) is 0 Å². The van der Waals surface area contributed by atoms with Crippen molar-refractivity contribution in [1.82, 2.24) is 10.3 Å². The summed E-state index contributed by atoms with van der Waals surface area (Å²) in [5, 5.41) is 6.45. The molecule has 0 aliphatic carbocycles. The molecule has 0 radical (unpaired) electrons. The van der Waals surface area contributed by atoms with E-state index < -0.39 is 0 Å². The van der Waals surface area contributed by atoms with Crippen LogP contribution in [0.2, 0.25) is 5.02 Å². The Balaban J connectivity index is 1.88. The molecule has 4 nitrogen and oxygen atoms in total. The van der Waals surface area contributed by atoms with Crippen LogP contribution in [0.15, 0.2) is 29.6 Å². The van der Waals surface area contributed by atoms with Gasteiger partial charge in [0.2, 0.25) is 5.91 Å². The first-order chi connectivity index (χ1) is 9.67. The Kier molecular flexibility index (Phi) is 5.52. The molecular formula is C14H15ClN2O2S. The van der Waals surface area contributed by atoms with Crippen LogP contribution in [0.3, 0.4) is 0 Å². The van der Waals surface area contributed by atoms with Gasteiger partial charge in [-0.3, -0.25) is 4.79 Å². The van der Waals surface area contributed by atoms with Crippen LogP contribution < -0.4 is 5.32 Å². The summed E-state index contributed by atoms with van der Waals surface area (Å²) in [6.07, 6.45) is 0.772. The molecule has 0 saturated heterocycles. The van der Waals surface area contributed by atoms with Crippen LogP contribution in [0, 0.1) is 0 Å². The fourth-order valence-electron chi connectivity index (χ4n) is 1.66. The highest BCUT2D eigenvalue weighted by Crippen LogP contribution is 2.16. The van der Waals surface area contributed by atoms with Crippen molar-refractivity contribution in [3.8, 4) is 0 Å². The number of halogens is 1. The number of thiazole rings is 1. The van der Waals surface area contributed by atoms with Gasteiger partial charge in [-0.1, -0.05) is 23.7 Å². The fourth-order valence-corrected chi connectivity index (χ4v) is 2.61. The number of hydrogen-bond donors (Lipinski definition) is 1. The van der Waals surface area contributed by atoms with Crippen molar-refractivity contribution in [3.63, 3.8) is 0 Å². The molecule has 0 spiro atoms. The summed E-state index contributed by atoms with van der Waals surface area (Å²) in [5.41, 5.74) is 2.03. The Morgan fingerprint density at radius 2 is 2.15 bits per heavy atom. The molecule has 1 aromatic heterocycles. The third kappa shape index (κ3) is 4.59. The van der Waals surface area contributed by atoms with Crippen LogP contribution in [0.4, 0.5) is 0 Å². The Labute approximate surface area is 126 Å². The summed E-state index contributed by atoms with van der Waals surface area (Å²) >= 11 is 7.44. The highest BCUT2D eigenvalue weighted by molar-refractivity contribution is 7.09. The Morgan fingerprint density at radius 1 is 1.40 bits per heavy atom. The van der Waals surface area contributed by atoms with E-state index in [0.717, 1.165) is 22.1 Å². The fraction of sp³-hybridized carbons (Fsp3) is 0.286. The van der Waals surface area contributed by atoms with Gasteiger partial charge in [0.25, 0.3) is 0 Å². The number of methoxy groups -OCH3 is 1. The predicted molar refractivity (Wildman–Crippen MR) is 80.1 cm³/mol. The monoisotopic (exact) mass is 310 g/mol. The van der Waals surface area contributed by atoms with Gasteiger partial charge in [0.05, 0.1) is 17.2 Å². The second-order valence-electron chi connectivity index (χ2n) is 4.25. The van der Waals surface area contributed by atoms with E-state index >= 15 is 0 Å². The molecule has 1 heterocycles. The molecule has 0 atom stereocenters. The lowest BCUT2D eigenvalue weighted by molar-refractivity contribution is -0.124. The van der Waals surface area contributed by atoms with Gasteiger partial charge >= 0.3 is 0 Å². The zero-order valence-corrected chi connectivity index (χ0v) is 12.6. The van der Waals surface area contributed by atoms with Crippen molar-refractivity contribution in [1.29, 1.82) is 0 Å². The van der Waals surface area contributed by atoms with Crippen LogP contribution in [-0.4, -0.2) is 24.6 Å². The van der Waals surface area contributed by atoms with Gasteiger partial charge in [0.15, 0.2) is 0 Å². The van der Waals surface area contributed by atoms with Crippen LogP contribution >= 0.6 is 22.9 Å². The first kappa shape index (κ1) is 15.0. The molecular weight excluding hydrogens is 296 g/mol. The van der Waals surface area contributed by atoms with Crippen LogP contribution in [0.1, 0.15) is 16.3 Å². The number of benzene rings is 1. The molecule has 0 aliphatic heterocycles. The van der Waals surface area contributed by atoms with Crippen molar-refractivity contribution < 1.29 is 9.53 Å². The lowest BCUT2D eigenvalue weighted by Gasteiger charge is -2.01. The highest BCUT2D eigenvalue weighted by Gasteiger charge is 2.05. The summed E-state index contributed by atoms with van der Waals surface area (Å²) in [6.45, 7) is 0.501. The van der Waals surface area contributed by atoms with Gasteiger partial charge in [0, 0.05) is 23.9 Å². The van der Waals surface area contributed by atoms with E-state index in [4.69, 9.17) is 16.3 Å². The summed E-state index contributed by atoms with van der Waals surface area (Å²) in [5.74, 6) is -0.139. The average Bonchev–Trinajstić information content (AvgIpc) is 2.87. The number of rotatable bonds is 6. The standard InChI is InChI=1S/C14H15ClN2O2S/c1-19-8-13(18)16-7-12-9-20-14(17-12)6-10-2-4-11(15)5-3-10/h2-5,9H,6-8H2,1H3,(H,16,18). The Bertz CT molecular complexity index is 569. The molecule has 0 bridgehead atoms. The summed E-state index contributed by atoms with van der Waals surface area (Å²) in [4.78, 5) is 15.8.